The fraction of sp³-hybridized carbons (Fsp3) is 0.200. The van der Waals surface area contributed by atoms with Gasteiger partial charge in [-0.05, 0) is 42.8 Å². The maximum absolute atomic E-state index is 12.9. The standard InChI is InChI=1S/C15H16FNS/c1-12-11-13(16)7-8-15(12)17-9-10-18-14-5-3-2-4-6-14/h2-8,11,17H,9-10H2,1H3. The van der Waals surface area contributed by atoms with Gasteiger partial charge in [-0.1, -0.05) is 18.2 Å². The number of benzene rings is 2. The van der Waals surface area contributed by atoms with Crippen molar-refractivity contribution in [2.24, 2.45) is 0 Å². The molecular formula is C15H16FNS. The number of anilines is 1. The van der Waals surface area contributed by atoms with E-state index in [0.29, 0.717) is 0 Å². The van der Waals surface area contributed by atoms with Crippen LogP contribution in [0.2, 0.25) is 0 Å². The van der Waals surface area contributed by atoms with E-state index in [-0.39, 0.29) is 5.82 Å². The quantitative estimate of drug-likeness (QED) is 0.635. The maximum Gasteiger partial charge on any atom is 0.123 e. The predicted molar refractivity (Wildman–Crippen MR) is 76.8 cm³/mol. The normalized spacial score (nSPS) is 10.3. The lowest BCUT2D eigenvalue weighted by Crippen LogP contribution is -2.05. The van der Waals surface area contributed by atoms with Crippen LogP contribution in [0, 0.1) is 12.7 Å². The van der Waals surface area contributed by atoms with Crippen molar-refractivity contribution >= 4 is 17.4 Å². The zero-order valence-electron chi connectivity index (χ0n) is 10.3. The Hall–Kier alpha value is -1.48. The van der Waals surface area contributed by atoms with Crippen LogP contribution in [0.5, 0.6) is 0 Å². The van der Waals surface area contributed by atoms with Crippen molar-refractivity contribution in [1.82, 2.24) is 0 Å². The van der Waals surface area contributed by atoms with E-state index in [4.69, 9.17) is 0 Å². The van der Waals surface area contributed by atoms with E-state index < -0.39 is 0 Å². The molecule has 2 rings (SSSR count). The van der Waals surface area contributed by atoms with Crippen LogP contribution in [0.25, 0.3) is 0 Å². The minimum absolute atomic E-state index is 0.184. The Bertz CT molecular complexity index is 499. The molecule has 0 aromatic heterocycles. The van der Waals surface area contributed by atoms with Crippen molar-refractivity contribution in [3.63, 3.8) is 0 Å². The van der Waals surface area contributed by atoms with E-state index in [9.17, 15) is 4.39 Å². The van der Waals surface area contributed by atoms with E-state index in [2.05, 4.69) is 17.4 Å². The average Bonchev–Trinajstić information content (AvgIpc) is 2.38. The van der Waals surface area contributed by atoms with Crippen molar-refractivity contribution in [2.75, 3.05) is 17.6 Å². The number of halogens is 1. The van der Waals surface area contributed by atoms with Crippen molar-refractivity contribution in [3.05, 3.63) is 59.9 Å². The molecular weight excluding hydrogens is 245 g/mol. The highest BCUT2D eigenvalue weighted by atomic mass is 32.2. The summed E-state index contributed by atoms with van der Waals surface area (Å²) >= 11 is 1.81. The van der Waals surface area contributed by atoms with Gasteiger partial charge in [-0.3, -0.25) is 0 Å². The van der Waals surface area contributed by atoms with E-state index in [1.54, 1.807) is 12.1 Å². The second-order valence-electron chi connectivity index (χ2n) is 4.05. The van der Waals surface area contributed by atoms with Crippen molar-refractivity contribution in [1.29, 1.82) is 0 Å². The predicted octanol–water partition coefficient (Wildman–Crippen LogP) is 4.34. The van der Waals surface area contributed by atoms with Crippen LogP contribution in [-0.4, -0.2) is 12.3 Å². The Morgan fingerprint density at radius 3 is 2.61 bits per heavy atom. The molecule has 0 unspecified atom stereocenters. The van der Waals surface area contributed by atoms with Gasteiger partial charge >= 0.3 is 0 Å². The third-order valence-corrected chi connectivity index (χ3v) is 3.63. The highest BCUT2D eigenvalue weighted by molar-refractivity contribution is 7.99. The van der Waals surface area contributed by atoms with Crippen molar-refractivity contribution in [2.45, 2.75) is 11.8 Å². The number of hydrogen-bond donors (Lipinski definition) is 1. The average molecular weight is 261 g/mol. The summed E-state index contributed by atoms with van der Waals surface area (Å²) < 4.78 is 12.9. The highest BCUT2D eigenvalue weighted by Crippen LogP contribution is 2.18. The summed E-state index contributed by atoms with van der Waals surface area (Å²) in [4.78, 5) is 1.27. The van der Waals surface area contributed by atoms with Crippen LogP contribution in [-0.2, 0) is 0 Å². The smallest absolute Gasteiger partial charge is 0.123 e. The monoisotopic (exact) mass is 261 g/mol. The molecule has 3 heteroatoms. The summed E-state index contributed by atoms with van der Waals surface area (Å²) in [5.41, 5.74) is 1.95. The summed E-state index contributed by atoms with van der Waals surface area (Å²) in [5.74, 6) is 0.803. The zero-order chi connectivity index (χ0) is 12.8. The molecule has 0 aliphatic carbocycles. The summed E-state index contributed by atoms with van der Waals surface area (Å²) in [6.45, 7) is 2.78. The number of hydrogen-bond acceptors (Lipinski definition) is 2. The fourth-order valence-electron chi connectivity index (χ4n) is 1.70. The van der Waals surface area contributed by atoms with Crippen molar-refractivity contribution < 1.29 is 4.39 Å². The molecule has 18 heavy (non-hydrogen) atoms. The van der Waals surface area contributed by atoms with Crippen LogP contribution in [0.1, 0.15) is 5.56 Å². The van der Waals surface area contributed by atoms with Crippen molar-refractivity contribution in [3.8, 4) is 0 Å². The molecule has 1 N–H and O–H groups in total. The third-order valence-electron chi connectivity index (χ3n) is 2.62. The second kappa shape index (κ2) is 6.45. The molecule has 0 atom stereocenters. The first kappa shape index (κ1) is 13.0. The van der Waals surface area contributed by atoms with Crippen LogP contribution >= 0.6 is 11.8 Å². The van der Waals surface area contributed by atoms with Gasteiger partial charge in [0.25, 0.3) is 0 Å². The molecule has 0 spiro atoms. The first-order valence-electron chi connectivity index (χ1n) is 5.93. The largest absolute Gasteiger partial charge is 0.384 e. The molecule has 1 nitrogen and oxygen atoms in total. The van der Waals surface area contributed by atoms with Gasteiger partial charge in [-0.15, -0.1) is 11.8 Å². The summed E-state index contributed by atoms with van der Waals surface area (Å²) in [6, 6.07) is 15.1. The maximum atomic E-state index is 12.9. The lowest BCUT2D eigenvalue weighted by Gasteiger charge is -2.09. The fourth-order valence-corrected chi connectivity index (χ4v) is 2.49. The Labute approximate surface area is 111 Å². The molecule has 0 radical (unpaired) electrons. The zero-order valence-corrected chi connectivity index (χ0v) is 11.1. The third kappa shape index (κ3) is 3.77. The highest BCUT2D eigenvalue weighted by Gasteiger charge is 1.99. The molecule has 0 fully saturated rings. The summed E-state index contributed by atoms with van der Waals surface area (Å²) in [7, 11) is 0. The van der Waals surface area contributed by atoms with Crippen LogP contribution in [0.4, 0.5) is 10.1 Å². The Morgan fingerprint density at radius 2 is 1.89 bits per heavy atom. The van der Waals surface area contributed by atoms with E-state index in [0.717, 1.165) is 23.5 Å². The number of thioether (sulfide) groups is 1. The Morgan fingerprint density at radius 1 is 1.11 bits per heavy atom. The molecule has 0 aliphatic rings. The molecule has 0 saturated carbocycles. The minimum Gasteiger partial charge on any atom is -0.384 e. The molecule has 2 aromatic carbocycles. The number of nitrogens with one attached hydrogen (secondary N) is 1. The van der Waals surface area contributed by atoms with Crippen LogP contribution in [0.15, 0.2) is 53.4 Å². The Kier molecular flexibility index (Phi) is 4.65. The molecule has 0 bridgehead atoms. The van der Waals surface area contributed by atoms with Gasteiger partial charge in [0.2, 0.25) is 0 Å². The van der Waals surface area contributed by atoms with Gasteiger partial charge in [-0.25, -0.2) is 4.39 Å². The topological polar surface area (TPSA) is 12.0 Å². The molecule has 0 heterocycles. The lowest BCUT2D eigenvalue weighted by atomic mass is 10.2. The lowest BCUT2D eigenvalue weighted by molar-refractivity contribution is 0.627. The number of aryl methyl sites for hydroxylation is 1. The molecule has 0 amide bonds. The number of rotatable bonds is 5. The van der Waals surface area contributed by atoms with E-state index in [1.165, 1.54) is 11.0 Å². The van der Waals surface area contributed by atoms with Gasteiger partial charge in [0.05, 0.1) is 0 Å². The summed E-state index contributed by atoms with van der Waals surface area (Å²) in [5, 5.41) is 3.32. The first-order chi connectivity index (χ1) is 8.75. The second-order valence-corrected chi connectivity index (χ2v) is 5.22. The van der Waals surface area contributed by atoms with Gasteiger partial charge in [0, 0.05) is 22.9 Å². The molecule has 0 aliphatic heterocycles. The van der Waals surface area contributed by atoms with Gasteiger partial charge < -0.3 is 5.32 Å². The summed E-state index contributed by atoms with van der Waals surface area (Å²) in [6.07, 6.45) is 0. The molecule has 0 saturated heterocycles. The molecule has 2 aromatic rings. The first-order valence-corrected chi connectivity index (χ1v) is 6.92. The minimum atomic E-state index is -0.184. The van der Waals surface area contributed by atoms with E-state index in [1.807, 2.05) is 36.9 Å². The van der Waals surface area contributed by atoms with Gasteiger partial charge in [0.15, 0.2) is 0 Å². The van der Waals surface area contributed by atoms with Crippen LogP contribution < -0.4 is 5.32 Å². The van der Waals surface area contributed by atoms with Gasteiger partial charge in [-0.2, -0.15) is 0 Å². The molecule has 94 valence electrons. The van der Waals surface area contributed by atoms with E-state index >= 15 is 0 Å². The van der Waals surface area contributed by atoms with Gasteiger partial charge in [0.1, 0.15) is 5.82 Å². The van der Waals surface area contributed by atoms with Crippen LogP contribution in [0.3, 0.4) is 0 Å². The Balaban J connectivity index is 1.79. The SMILES string of the molecule is Cc1cc(F)ccc1NCCSc1ccccc1.